The number of ether oxygens (including phenoxy) is 1. The Kier molecular flexibility index (Phi) is 4.93. The van der Waals surface area contributed by atoms with Crippen LogP contribution < -0.4 is 16.0 Å². The number of nitrogens with zero attached hydrogens (tertiary/aromatic N) is 2. The number of hydrogen-bond acceptors (Lipinski definition) is 4. The standard InChI is InChI=1S/C23H18N2O5/c1-30-20-9-5-4-8-19(20)25-21(26)17-6-2-3-7-18(17)24(23(25)29)14-15-10-12-16(13-11-15)22(27)28/h2-13H,14H2,1H3,(H,27,28). The van der Waals surface area contributed by atoms with Gasteiger partial charge >= 0.3 is 11.7 Å². The molecule has 0 radical (unpaired) electrons. The van der Waals surface area contributed by atoms with Gasteiger partial charge in [-0.15, -0.1) is 0 Å². The summed E-state index contributed by atoms with van der Waals surface area (Å²) in [6, 6.07) is 20.0. The monoisotopic (exact) mass is 402 g/mol. The number of aromatic carboxylic acids is 1. The number of hydrogen-bond donors (Lipinski definition) is 1. The van der Waals surface area contributed by atoms with Crippen LogP contribution in [-0.4, -0.2) is 27.3 Å². The predicted octanol–water partition coefficient (Wildman–Crippen LogP) is 2.91. The first-order valence-electron chi connectivity index (χ1n) is 9.21. The zero-order valence-electron chi connectivity index (χ0n) is 16.1. The van der Waals surface area contributed by atoms with E-state index in [0.717, 1.165) is 10.1 Å². The van der Waals surface area contributed by atoms with E-state index in [1.807, 2.05) is 0 Å². The van der Waals surface area contributed by atoms with Gasteiger partial charge in [-0.1, -0.05) is 36.4 Å². The SMILES string of the molecule is COc1ccccc1-n1c(=O)c2ccccc2n(Cc2ccc(C(=O)O)cc2)c1=O. The highest BCUT2D eigenvalue weighted by Crippen LogP contribution is 2.20. The Morgan fingerprint density at radius 3 is 2.30 bits per heavy atom. The van der Waals surface area contributed by atoms with Crippen molar-refractivity contribution in [1.29, 1.82) is 0 Å². The predicted molar refractivity (Wildman–Crippen MR) is 113 cm³/mol. The molecule has 0 amide bonds. The summed E-state index contributed by atoms with van der Waals surface area (Å²) in [7, 11) is 1.48. The third-order valence-electron chi connectivity index (χ3n) is 4.92. The molecule has 0 spiro atoms. The second-order valence-corrected chi connectivity index (χ2v) is 6.70. The maximum Gasteiger partial charge on any atom is 0.336 e. The van der Waals surface area contributed by atoms with Gasteiger partial charge in [0.15, 0.2) is 0 Å². The number of rotatable bonds is 5. The lowest BCUT2D eigenvalue weighted by Gasteiger charge is -2.16. The average molecular weight is 402 g/mol. The largest absolute Gasteiger partial charge is 0.495 e. The van der Waals surface area contributed by atoms with Crippen LogP contribution in [0.5, 0.6) is 5.75 Å². The molecule has 0 atom stereocenters. The van der Waals surface area contributed by atoms with E-state index in [-0.39, 0.29) is 12.1 Å². The van der Waals surface area contributed by atoms with Crippen LogP contribution in [0.3, 0.4) is 0 Å². The van der Waals surface area contributed by atoms with Crippen molar-refractivity contribution in [2.45, 2.75) is 6.54 Å². The first-order valence-corrected chi connectivity index (χ1v) is 9.21. The molecule has 0 fully saturated rings. The van der Waals surface area contributed by atoms with E-state index in [9.17, 15) is 14.4 Å². The smallest absolute Gasteiger partial charge is 0.336 e. The minimum absolute atomic E-state index is 0.162. The Morgan fingerprint density at radius 2 is 1.60 bits per heavy atom. The van der Waals surface area contributed by atoms with Gasteiger partial charge in [0.25, 0.3) is 5.56 Å². The van der Waals surface area contributed by atoms with Crippen LogP contribution in [0.1, 0.15) is 15.9 Å². The van der Waals surface area contributed by atoms with Gasteiger partial charge in [-0.2, -0.15) is 0 Å². The van der Waals surface area contributed by atoms with Gasteiger partial charge in [0, 0.05) is 0 Å². The maximum absolute atomic E-state index is 13.4. The van der Waals surface area contributed by atoms with Crippen LogP contribution in [0.2, 0.25) is 0 Å². The van der Waals surface area contributed by atoms with Crippen molar-refractivity contribution in [3.63, 3.8) is 0 Å². The highest BCUT2D eigenvalue weighted by molar-refractivity contribution is 5.87. The normalized spacial score (nSPS) is 10.8. The third kappa shape index (κ3) is 3.26. The molecule has 30 heavy (non-hydrogen) atoms. The summed E-state index contributed by atoms with van der Waals surface area (Å²) < 4.78 is 7.95. The van der Waals surface area contributed by atoms with Crippen LogP contribution in [0.25, 0.3) is 16.6 Å². The molecule has 4 rings (SSSR count). The lowest BCUT2D eigenvalue weighted by Crippen LogP contribution is -2.39. The topological polar surface area (TPSA) is 90.5 Å². The first kappa shape index (κ1) is 19.2. The summed E-state index contributed by atoms with van der Waals surface area (Å²) >= 11 is 0. The Bertz CT molecular complexity index is 1370. The minimum atomic E-state index is -1.02. The van der Waals surface area contributed by atoms with E-state index in [1.54, 1.807) is 60.7 Å². The molecule has 3 aromatic carbocycles. The van der Waals surface area contributed by atoms with Crippen molar-refractivity contribution in [2.24, 2.45) is 0 Å². The molecule has 0 aliphatic heterocycles. The number of carboxylic acids is 1. The second kappa shape index (κ2) is 7.71. The van der Waals surface area contributed by atoms with Crippen LogP contribution in [0.4, 0.5) is 0 Å². The van der Waals surface area contributed by atoms with E-state index in [1.165, 1.54) is 23.8 Å². The number of fused-ring (bicyclic) bond motifs is 1. The Hall–Kier alpha value is -4.13. The van der Waals surface area contributed by atoms with Crippen LogP contribution in [-0.2, 0) is 6.54 Å². The molecule has 0 saturated carbocycles. The lowest BCUT2D eigenvalue weighted by molar-refractivity contribution is 0.0697. The van der Waals surface area contributed by atoms with Gasteiger partial charge in [-0.3, -0.25) is 9.36 Å². The first-order chi connectivity index (χ1) is 14.5. The van der Waals surface area contributed by atoms with Crippen molar-refractivity contribution < 1.29 is 14.6 Å². The number of aromatic nitrogens is 2. The molecule has 1 N–H and O–H groups in total. The molecule has 7 heteroatoms. The van der Waals surface area contributed by atoms with Crippen LogP contribution >= 0.6 is 0 Å². The molecule has 0 bridgehead atoms. The number of carboxylic acid groups (broad SMARTS) is 1. The fraction of sp³-hybridized carbons (Fsp3) is 0.0870. The fourth-order valence-electron chi connectivity index (χ4n) is 3.44. The zero-order chi connectivity index (χ0) is 21.3. The van der Waals surface area contributed by atoms with Crippen molar-refractivity contribution in [1.82, 2.24) is 9.13 Å². The third-order valence-corrected chi connectivity index (χ3v) is 4.92. The molecule has 0 unspecified atom stereocenters. The molecule has 1 heterocycles. The second-order valence-electron chi connectivity index (χ2n) is 6.70. The van der Waals surface area contributed by atoms with Gasteiger partial charge in [0.1, 0.15) is 5.75 Å². The van der Waals surface area contributed by atoms with E-state index in [4.69, 9.17) is 9.84 Å². The van der Waals surface area contributed by atoms with Crippen molar-refractivity contribution in [2.75, 3.05) is 7.11 Å². The molecule has 7 nitrogen and oxygen atoms in total. The summed E-state index contributed by atoms with van der Waals surface area (Å²) in [5.41, 5.74) is 0.812. The summed E-state index contributed by atoms with van der Waals surface area (Å²) in [4.78, 5) is 37.7. The molecule has 0 aliphatic carbocycles. The zero-order valence-corrected chi connectivity index (χ0v) is 16.1. The minimum Gasteiger partial charge on any atom is -0.495 e. The van der Waals surface area contributed by atoms with Crippen LogP contribution in [0.15, 0.2) is 82.4 Å². The fourth-order valence-corrected chi connectivity index (χ4v) is 3.44. The van der Waals surface area contributed by atoms with Crippen LogP contribution in [0, 0.1) is 0 Å². The molecule has 0 aliphatic rings. The molecule has 150 valence electrons. The van der Waals surface area contributed by atoms with E-state index in [0.29, 0.717) is 22.3 Å². The molecular formula is C23H18N2O5. The number of carbonyl (C=O) groups is 1. The van der Waals surface area contributed by atoms with Gasteiger partial charge in [-0.05, 0) is 42.0 Å². The number of methoxy groups -OCH3 is 1. The van der Waals surface area contributed by atoms with Gasteiger partial charge in [0.2, 0.25) is 0 Å². The van der Waals surface area contributed by atoms with Crippen molar-refractivity contribution in [3.8, 4) is 11.4 Å². The summed E-state index contributed by atoms with van der Waals surface area (Å²) in [6.45, 7) is 0.175. The molecule has 4 aromatic rings. The van der Waals surface area contributed by atoms with Crippen molar-refractivity contribution in [3.05, 3.63) is 105 Å². The highest BCUT2D eigenvalue weighted by Gasteiger charge is 2.17. The molecule has 1 aromatic heterocycles. The molecule has 0 saturated heterocycles. The maximum atomic E-state index is 13.4. The summed E-state index contributed by atoms with van der Waals surface area (Å²) in [6.07, 6.45) is 0. The Morgan fingerprint density at radius 1 is 0.933 bits per heavy atom. The number of para-hydroxylation sites is 3. The van der Waals surface area contributed by atoms with E-state index >= 15 is 0 Å². The summed E-state index contributed by atoms with van der Waals surface area (Å²) in [5, 5.41) is 9.48. The Labute approximate surface area is 171 Å². The summed E-state index contributed by atoms with van der Waals surface area (Å²) in [5.74, 6) is -0.613. The lowest BCUT2D eigenvalue weighted by atomic mass is 10.1. The van der Waals surface area contributed by atoms with Gasteiger partial charge < -0.3 is 9.84 Å². The quantitative estimate of drug-likeness (QED) is 0.554. The number of benzene rings is 3. The average Bonchev–Trinajstić information content (AvgIpc) is 2.77. The van der Waals surface area contributed by atoms with Gasteiger partial charge in [0.05, 0.1) is 35.8 Å². The van der Waals surface area contributed by atoms with Gasteiger partial charge in [-0.25, -0.2) is 14.2 Å². The highest BCUT2D eigenvalue weighted by atomic mass is 16.5. The van der Waals surface area contributed by atoms with E-state index in [2.05, 4.69) is 0 Å². The Balaban J connectivity index is 1.96. The molecular weight excluding hydrogens is 384 g/mol. The van der Waals surface area contributed by atoms with E-state index < -0.39 is 17.2 Å². The van der Waals surface area contributed by atoms with Crippen molar-refractivity contribution >= 4 is 16.9 Å².